The Morgan fingerprint density at radius 2 is 1.82 bits per heavy atom. The van der Waals surface area contributed by atoms with Gasteiger partial charge >= 0.3 is 11.9 Å². The van der Waals surface area contributed by atoms with Gasteiger partial charge in [-0.05, 0) is 59.1 Å². The average Bonchev–Trinajstić information content (AvgIpc) is 2.86. The van der Waals surface area contributed by atoms with E-state index < -0.39 is 17.2 Å². The first-order chi connectivity index (χ1) is 15.8. The number of esters is 2. The second-order valence-corrected chi connectivity index (χ2v) is 11.0. The van der Waals surface area contributed by atoms with E-state index in [1.807, 2.05) is 78.8 Å². The first-order valence-corrected chi connectivity index (χ1v) is 12.3. The lowest BCUT2D eigenvalue weighted by Gasteiger charge is -2.28. The van der Waals surface area contributed by atoms with E-state index in [-0.39, 0.29) is 43.1 Å². The Bertz CT molecular complexity index is 771. The van der Waals surface area contributed by atoms with Crippen molar-refractivity contribution in [1.29, 1.82) is 0 Å². The number of carbonyl (C=O) groups excluding carboxylic acids is 2. The van der Waals surface area contributed by atoms with Gasteiger partial charge in [-0.1, -0.05) is 44.2 Å². The molecule has 0 amide bonds. The number of ether oxygens (including phenoxy) is 4. The van der Waals surface area contributed by atoms with E-state index in [1.165, 1.54) is 0 Å². The molecule has 1 aliphatic rings. The van der Waals surface area contributed by atoms with Crippen LogP contribution >= 0.6 is 0 Å². The number of carbonyl (C=O) groups is 2. The molecule has 34 heavy (non-hydrogen) atoms. The van der Waals surface area contributed by atoms with Gasteiger partial charge in [0.15, 0.2) is 0 Å². The molecule has 2 rings (SSSR count). The van der Waals surface area contributed by atoms with Crippen molar-refractivity contribution in [1.82, 2.24) is 5.32 Å². The van der Waals surface area contributed by atoms with Crippen molar-refractivity contribution in [2.24, 2.45) is 5.92 Å². The molecular formula is C27H43NO6. The smallest absolute Gasteiger partial charge is 0.323 e. The fourth-order valence-corrected chi connectivity index (χ4v) is 3.91. The summed E-state index contributed by atoms with van der Waals surface area (Å²) in [5, 5.41) is 3.35. The minimum atomic E-state index is -0.526. The first-order valence-electron chi connectivity index (χ1n) is 12.3. The molecule has 1 N–H and O–H groups in total. The fraction of sp³-hybridized carbons (Fsp3) is 0.704. The molecule has 1 aromatic rings. The molecule has 3 atom stereocenters. The Morgan fingerprint density at radius 3 is 2.44 bits per heavy atom. The van der Waals surface area contributed by atoms with Gasteiger partial charge in [0, 0.05) is 6.42 Å². The highest BCUT2D eigenvalue weighted by Gasteiger charge is 2.34. The Hall–Kier alpha value is -1.96. The minimum absolute atomic E-state index is 0.0815. The highest BCUT2D eigenvalue weighted by Crippen LogP contribution is 2.26. The highest BCUT2D eigenvalue weighted by atomic mass is 16.6. The summed E-state index contributed by atoms with van der Waals surface area (Å²) < 4.78 is 23.3. The molecule has 0 aliphatic carbocycles. The molecule has 192 valence electrons. The van der Waals surface area contributed by atoms with E-state index in [0.717, 1.165) is 5.56 Å². The van der Waals surface area contributed by atoms with Gasteiger partial charge in [-0.2, -0.15) is 0 Å². The second-order valence-electron chi connectivity index (χ2n) is 11.0. The monoisotopic (exact) mass is 477 g/mol. The van der Waals surface area contributed by atoms with Crippen LogP contribution in [0.1, 0.15) is 73.3 Å². The zero-order valence-electron chi connectivity index (χ0n) is 21.9. The van der Waals surface area contributed by atoms with E-state index in [1.54, 1.807) is 0 Å². The van der Waals surface area contributed by atoms with Crippen LogP contribution in [0.3, 0.4) is 0 Å². The predicted molar refractivity (Wildman–Crippen MR) is 131 cm³/mol. The van der Waals surface area contributed by atoms with Gasteiger partial charge in [-0.25, -0.2) is 0 Å². The maximum Gasteiger partial charge on any atom is 0.323 e. The molecule has 1 heterocycles. The van der Waals surface area contributed by atoms with Crippen LogP contribution < -0.4 is 5.32 Å². The van der Waals surface area contributed by atoms with E-state index >= 15 is 0 Å². The fourth-order valence-electron chi connectivity index (χ4n) is 3.91. The zero-order valence-corrected chi connectivity index (χ0v) is 21.9. The summed E-state index contributed by atoms with van der Waals surface area (Å²) in [6.07, 6.45) is 1.10. The Labute approximate surface area is 204 Å². The lowest BCUT2D eigenvalue weighted by Crippen LogP contribution is -2.43. The van der Waals surface area contributed by atoms with Crippen LogP contribution in [0.4, 0.5) is 0 Å². The first kappa shape index (κ1) is 28.3. The van der Waals surface area contributed by atoms with Crippen LogP contribution in [0.5, 0.6) is 0 Å². The molecule has 0 radical (unpaired) electrons. The minimum Gasteiger partial charge on any atom is -0.460 e. The van der Waals surface area contributed by atoms with Crippen LogP contribution in [-0.4, -0.2) is 54.5 Å². The van der Waals surface area contributed by atoms with Crippen molar-refractivity contribution in [3.8, 4) is 0 Å². The third kappa shape index (κ3) is 10.5. The number of hydrogen-bond donors (Lipinski definition) is 1. The SMILES string of the molecule is CC(C)C(NCC[C@@H]1C[C@H](CC(=O)OC(C)(C)C)OCC(C)(C)O1)C(=O)OCc1ccccc1. The summed E-state index contributed by atoms with van der Waals surface area (Å²) in [7, 11) is 0. The van der Waals surface area contributed by atoms with E-state index in [2.05, 4.69) is 5.32 Å². The second kappa shape index (κ2) is 12.7. The molecule has 7 heteroatoms. The molecule has 1 aliphatic heterocycles. The van der Waals surface area contributed by atoms with Gasteiger partial charge in [0.05, 0.1) is 30.8 Å². The van der Waals surface area contributed by atoms with Crippen LogP contribution in [0.2, 0.25) is 0 Å². The van der Waals surface area contributed by atoms with Crippen LogP contribution in [0.15, 0.2) is 30.3 Å². The van der Waals surface area contributed by atoms with Crippen molar-refractivity contribution in [2.45, 2.75) is 104 Å². The van der Waals surface area contributed by atoms with Gasteiger partial charge in [0.25, 0.3) is 0 Å². The summed E-state index contributed by atoms with van der Waals surface area (Å²) in [5.74, 6) is -0.444. The van der Waals surface area contributed by atoms with Crippen LogP contribution in [0.25, 0.3) is 0 Å². The van der Waals surface area contributed by atoms with E-state index in [9.17, 15) is 9.59 Å². The molecule has 0 bridgehead atoms. The number of rotatable bonds is 10. The van der Waals surface area contributed by atoms with Gasteiger partial charge in [0.1, 0.15) is 18.2 Å². The van der Waals surface area contributed by atoms with Crippen LogP contribution in [-0.2, 0) is 35.1 Å². The van der Waals surface area contributed by atoms with Crippen molar-refractivity contribution in [2.75, 3.05) is 13.2 Å². The molecule has 0 saturated carbocycles. The summed E-state index contributed by atoms with van der Waals surface area (Å²) in [5.41, 5.74) is -0.0233. The lowest BCUT2D eigenvalue weighted by molar-refractivity contribution is -0.158. The zero-order chi connectivity index (χ0) is 25.4. The van der Waals surface area contributed by atoms with Gasteiger partial charge in [0.2, 0.25) is 0 Å². The Morgan fingerprint density at radius 1 is 1.15 bits per heavy atom. The summed E-state index contributed by atoms with van der Waals surface area (Å²) in [6, 6.07) is 9.25. The van der Waals surface area contributed by atoms with E-state index in [4.69, 9.17) is 18.9 Å². The molecule has 1 aromatic carbocycles. The Kier molecular flexibility index (Phi) is 10.5. The maximum atomic E-state index is 12.7. The summed E-state index contributed by atoms with van der Waals surface area (Å²) >= 11 is 0. The standard InChI is InChI=1S/C27H43NO6/c1-19(2)24(25(30)31-17-20-11-9-8-10-12-20)28-14-13-21-15-22(32-18-27(6,7)33-21)16-23(29)34-26(3,4)5/h8-12,19,21-22,24,28H,13-18H2,1-7H3/t21-,22-,24?/m1/s1. The summed E-state index contributed by atoms with van der Waals surface area (Å²) in [6.45, 7) is 14.8. The van der Waals surface area contributed by atoms with Gasteiger partial charge in [-0.15, -0.1) is 0 Å². The van der Waals surface area contributed by atoms with Crippen LogP contribution in [0, 0.1) is 5.92 Å². The third-order valence-electron chi connectivity index (χ3n) is 5.47. The maximum absolute atomic E-state index is 12.7. The normalized spacial score (nSPS) is 21.5. The lowest BCUT2D eigenvalue weighted by atomic mass is 10.0. The predicted octanol–water partition coefficient (Wildman–Crippen LogP) is 4.42. The van der Waals surface area contributed by atoms with Crippen molar-refractivity contribution < 1.29 is 28.5 Å². The highest BCUT2D eigenvalue weighted by molar-refractivity contribution is 5.76. The Balaban J connectivity index is 1.89. The summed E-state index contributed by atoms with van der Waals surface area (Å²) in [4.78, 5) is 25.0. The average molecular weight is 478 g/mol. The van der Waals surface area contributed by atoms with Gasteiger partial charge < -0.3 is 24.3 Å². The van der Waals surface area contributed by atoms with Crippen molar-refractivity contribution >= 4 is 11.9 Å². The number of benzene rings is 1. The largest absolute Gasteiger partial charge is 0.460 e. The quantitative estimate of drug-likeness (QED) is 0.500. The van der Waals surface area contributed by atoms with Gasteiger partial charge in [-0.3, -0.25) is 9.59 Å². The molecule has 0 aromatic heterocycles. The molecule has 1 fully saturated rings. The van der Waals surface area contributed by atoms with Crippen molar-refractivity contribution in [3.05, 3.63) is 35.9 Å². The number of nitrogens with one attached hydrogen (secondary N) is 1. The topological polar surface area (TPSA) is 83.1 Å². The molecule has 1 saturated heterocycles. The number of hydrogen-bond acceptors (Lipinski definition) is 7. The molecular weight excluding hydrogens is 434 g/mol. The molecule has 0 spiro atoms. The van der Waals surface area contributed by atoms with E-state index in [0.29, 0.717) is 26.0 Å². The molecule has 7 nitrogen and oxygen atoms in total. The van der Waals surface area contributed by atoms with Crippen molar-refractivity contribution in [3.63, 3.8) is 0 Å². The third-order valence-corrected chi connectivity index (χ3v) is 5.47. The molecule has 1 unspecified atom stereocenters.